The van der Waals surface area contributed by atoms with E-state index in [9.17, 15) is 0 Å². The van der Waals surface area contributed by atoms with E-state index in [-0.39, 0.29) is 6.04 Å². The second kappa shape index (κ2) is 8.54. The number of rotatable bonds is 4. The van der Waals surface area contributed by atoms with Gasteiger partial charge in [0.25, 0.3) is 0 Å². The molecule has 0 radical (unpaired) electrons. The van der Waals surface area contributed by atoms with Crippen LogP contribution in [-0.2, 0) is 0 Å². The van der Waals surface area contributed by atoms with Crippen molar-refractivity contribution in [1.82, 2.24) is 5.32 Å². The Kier molecular flexibility index (Phi) is 6.15. The number of nitrogens with zero attached hydrogens (tertiary/aromatic N) is 1. The molecule has 3 nitrogen and oxygen atoms in total. The minimum Gasteiger partial charge on any atom is -0.372 e. The van der Waals surface area contributed by atoms with Crippen molar-refractivity contribution in [3.05, 3.63) is 59.2 Å². The molecule has 2 N–H and O–H groups in total. The quantitative estimate of drug-likeness (QED) is 0.713. The summed E-state index contributed by atoms with van der Waals surface area (Å²) in [5, 5.41) is 7.38. The summed E-state index contributed by atoms with van der Waals surface area (Å²) in [5.41, 5.74) is 6.06. The third kappa shape index (κ3) is 4.76. The van der Waals surface area contributed by atoms with Gasteiger partial charge in [-0.05, 0) is 87.1 Å². The SMILES string of the molecule is Cc1ccc(C)c(NC(=S)NC(C)c2ccc(N3CCCCC3)cc2)c1. The van der Waals surface area contributed by atoms with Crippen molar-refractivity contribution in [3.8, 4) is 0 Å². The molecule has 2 aromatic rings. The minimum absolute atomic E-state index is 0.163. The second-order valence-electron chi connectivity index (χ2n) is 7.28. The summed E-state index contributed by atoms with van der Waals surface area (Å²) in [4.78, 5) is 2.48. The van der Waals surface area contributed by atoms with Crippen molar-refractivity contribution in [3.63, 3.8) is 0 Å². The van der Waals surface area contributed by atoms with Crippen LogP contribution in [0.2, 0.25) is 0 Å². The number of benzene rings is 2. The lowest BCUT2D eigenvalue weighted by Gasteiger charge is -2.29. The zero-order valence-electron chi connectivity index (χ0n) is 16.0. The predicted octanol–water partition coefficient (Wildman–Crippen LogP) is 5.34. The normalized spacial score (nSPS) is 15.4. The molecule has 0 amide bonds. The molecule has 3 rings (SSSR count). The van der Waals surface area contributed by atoms with Crippen LogP contribution >= 0.6 is 12.2 Å². The maximum atomic E-state index is 5.51. The smallest absolute Gasteiger partial charge is 0.171 e. The average molecular weight is 368 g/mol. The Morgan fingerprint density at radius 3 is 2.38 bits per heavy atom. The molecule has 1 aliphatic heterocycles. The average Bonchev–Trinajstić information content (AvgIpc) is 2.65. The molecule has 138 valence electrons. The maximum Gasteiger partial charge on any atom is 0.171 e. The maximum absolute atomic E-state index is 5.51. The van der Waals surface area contributed by atoms with Crippen molar-refractivity contribution in [2.24, 2.45) is 0 Å². The van der Waals surface area contributed by atoms with Crippen molar-refractivity contribution >= 4 is 28.7 Å². The van der Waals surface area contributed by atoms with Crippen LogP contribution in [-0.4, -0.2) is 18.2 Å². The first-order chi connectivity index (χ1) is 12.5. The van der Waals surface area contributed by atoms with E-state index in [4.69, 9.17) is 12.2 Å². The predicted molar refractivity (Wildman–Crippen MR) is 116 cm³/mol. The van der Waals surface area contributed by atoms with Gasteiger partial charge in [-0.3, -0.25) is 0 Å². The summed E-state index contributed by atoms with van der Waals surface area (Å²) in [6.07, 6.45) is 3.97. The number of nitrogens with one attached hydrogen (secondary N) is 2. The molecule has 0 aliphatic carbocycles. The van der Waals surface area contributed by atoms with Crippen molar-refractivity contribution in [2.75, 3.05) is 23.3 Å². The highest BCUT2D eigenvalue weighted by atomic mass is 32.1. The molecule has 26 heavy (non-hydrogen) atoms. The number of anilines is 2. The minimum atomic E-state index is 0.163. The van der Waals surface area contributed by atoms with Crippen LogP contribution in [0.1, 0.15) is 48.9 Å². The van der Waals surface area contributed by atoms with Crippen molar-refractivity contribution in [2.45, 2.75) is 46.1 Å². The van der Waals surface area contributed by atoms with Gasteiger partial charge in [0.05, 0.1) is 6.04 Å². The lowest BCUT2D eigenvalue weighted by atomic mass is 10.1. The van der Waals surface area contributed by atoms with Crippen molar-refractivity contribution < 1.29 is 0 Å². The molecule has 0 bridgehead atoms. The van der Waals surface area contributed by atoms with Gasteiger partial charge in [-0.15, -0.1) is 0 Å². The molecule has 1 unspecified atom stereocenters. The van der Waals surface area contributed by atoms with Gasteiger partial charge in [0, 0.05) is 24.5 Å². The van der Waals surface area contributed by atoms with Gasteiger partial charge in [-0.2, -0.15) is 0 Å². The zero-order chi connectivity index (χ0) is 18.5. The fraction of sp³-hybridized carbons (Fsp3) is 0.409. The molecule has 4 heteroatoms. The van der Waals surface area contributed by atoms with Crippen LogP contribution in [0, 0.1) is 13.8 Å². The molecule has 0 aromatic heterocycles. The third-order valence-electron chi connectivity index (χ3n) is 5.10. The third-order valence-corrected chi connectivity index (χ3v) is 5.32. The molecule has 1 aliphatic rings. The van der Waals surface area contributed by atoms with E-state index >= 15 is 0 Å². The summed E-state index contributed by atoms with van der Waals surface area (Å²) in [5.74, 6) is 0. The summed E-state index contributed by atoms with van der Waals surface area (Å²) in [6.45, 7) is 8.68. The first-order valence-electron chi connectivity index (χ1n) is 9.52. The van der Waals surface area contributed by atoms with Crippen molar-refractivity contribution in [1.29, 1.82) is 0 Å². The van der Waals surface area contributed by atoms with E-state index in [0.29, 0.717) is 5.11 Å². The standard InChI is InChI=1S/C22H29N3S/c1-16-7-8-17(2)21(15-16)24-22(26)23-18(3)19-9-11-20(12-10-19)25-13-5-4-6-14-25/h7-12,15,18H,4-6,13-14H2,1-3H3,(H2,23,24,26). The number of aryl methyl sites for hydroxylation is 2. The molecular formula is C22H29N3S. The highest BCUT2D eigenvalue weighted by Gasteiger charge is 2.12. The highest BCUT2D eigenvalue weighted by molar-refractivity contribution is 7.80. The Balaban J connectivity index is 1.59. The molecule has 1 heterocycles. The van der Waals surface area contributed by atoms with E-state index in [2.05, 4.69) is 78.8 Å². The van der Waals surface area contributed by atoms with Gasteiger partial charge < -0.3 is 15.5 Å². The van der Waals surface area contributed by atoms with E-state index in [1.54, 1.807) is 0 Å². The van der Waals surface area contributed by atoms with E-state index in [1.165, 1.54) is 54.7 Å². The summed E-state index contributed by atoms with van der Waals surface area (Å²) in [6, 6.07) is 15.4. The number of hydrogen-bond acceptors (Lipinski definition) is 2. The van der Waals surface area contributed by atoms with Gasteiger partial charge in [-0.25, -0.2) is 0 Å². The van der Waals surface area contributed by atoms with Crippen LogP contribution < -0.4 is 15.5 Å². The lowest BCUT2D eigenvalue weighted by Crippen LogP contribution is -2.31. The van der Waals surface area contributed by atoms with Crippen LogP contribution in [0.25, 0.3) is 0 Å². The Bertz CT molecular complexity index is 748. The van der Waals surface area contributed by atoms with E-state index in [0.717, 1.165) is 5.69 Å². The van der Waals surface area contributed by atoms with Gasteiger partial charge in [0.2, 0.25) is 0 Å². The Hall–Kier alpha value is -2.07. The van der Waals surface area contributed by atoms with Crippen LogP contribution in [0.4, 0.5) is 11.4 Å². The highest BCUT2D eigenvalue weighted by Crippen LogP contribution is 2.23. The Labute approximate surface area is 162 Å². The van der Waals surface area contributed by atoms with E-state index in [1.807, 2.05) is 0 Å². The first-order valence-corrected chi connectivity index (χ1v) is 9.93. The molecule has 1 saturated heterocycles. The van der Waals surface area contributed by atoms with E-state index < -0.39 is 0 Å². The zero-order valence-corrected chi connectivity index (χ0v) is 16.8. The molecule has 1 fully saturated rings. The van der Waals surface area contributed by atoms with Crippen LogP contribution in [0.15, 0.2) is 42.5 Å². The monoisotopic (exact) mass is 367 g/mol. The fourth-order valence-electron chi connectivity index (χ4n) is 3.43. The summed E-state index contributed by atoms with van der Waals surface area (Å²) < 4.78 is 0. The second-order valence-corrected chi connectivity index (χ2v) is 7.69. The summed E-state index contributed by atoms with van der Waals surface area (Å²) >= 11 is 5.51. The van der Waals surface area contributed by atoms with Crippen LogP contribution in [0.3, 0.4) is 0 Å². The van der Waals surface area contributed by atoms with Crippen LogP contribution in [0.5, 0.6) is 0 Å². The van der Waals surface area contributed by atoms with Gasteiger partial charge in [0.1, 0.15) is 0 Å². The lowest BCUT2D eigenvalue weighted by molar-refractivity contribution is 0.577. The van der Waals surface area contributed by atoms with Gasteiger partial charge >= 0.3 is 0 Å². The molecular weight excluding hydrogens is 338 g/mol. The molecule has 0 saturated carbocycles. The largest absolute Gasteiger partial charge is 0.372 e. The summed E-state index contributed by atoms with van der Waals surface area (Å²) in [7, 11) is 0. The Morgan fingerprint density at radius 1 is 1.00 bits per heavy atom. The molecule has 0 spiro atoms. The van der Waals surface area contributed by atoms with Gasteiger partial charge in [-0.1, -0.05) is 24.3 Å². The molecule has 1 atom stereocenters. The number of piperidine rings is 1. The fourth-order valence-corrected chi connectivity index (χ4v) is 3.72. The topological polar surface area (TPSA) is 27.3 Å². The Morgan fingerprint density at radius 2 is 1.69 bits per heavy atom. The van der Waals surface area contributed by atoms with Gasteiger partial charge in [0.15, 0.2) is 5.11 Å². The number of hydrogen-bond donors (Lipinski definition) is 2. The first kappa shape index (κ1) is 18.7. The molecule has 2 aromatic carbocycles. The number of thiocarbonyl (C=S) groups is 1.